The first-order valence-corrected chi connectivity index (χ1v) is 9.65. The molecule has 148 valence electrons. The zero-order valence-corrected chi connectivity index (χ0v) is 19.3. The smallest absolute Gasteiger partial charge is 0.243 e. The number of hydrogen-bond donors (Lipinski definition) is 2. The summed E-state index contributed by atoms with van der Waals surface area (Å²) in [5, 5.41) is 9.11. The van der Waals surface area contributed by atoms with Crippen LogP contribution < -0.4 is 10.6 Å². The zero-order chi connectivity index (χ0) is 18.8. The van der Waals surface area contributed by atoms with Crippen LogP contribution in [0.2, 0.25) is 5.15 Å². The molecule has 0 atom stereocenters. The molecular weight excluding hydrogens is 497 g/mol. The highest BCUT2D eigenvalue weighted by atomic mass is 127. The van der Waals surface area contributed by atoms with E-state index in [0.717, 1.165) is 24.9 Å². The van der Waals surface area contributed by atoms with Gasteiger partial charge in [-0.05, 0) is 35.9 Å². The second-order valence-corrected chi connectivity index (χ2v) is 7.29. The molecule has 27 heavy (non-hydrogen) atoms. The van der Waals surface area contributed by atoms with Crippen molar-refractivity contribution in [3.8, 4) is 0 Å². The van der Waals surface area contributed by atoms with Crippen molar-refractivity contribution >= 4 is 58.8 Å². The van der Waals surface area contributed by atoms with Gasteiger partial charge in [-0.1, -0.05) is 23.7 Å². The summed E-state index contributed by atoms with van der Waals surface area (Å²) in [5.74, 6) is 0.602. The number of guanidine groups is 1. The molecule has 0 saturated heterocycles. The number of pyridine rings is 1. The first-order valence-electron chi connectivity index (χ1n) is 8.40. The minimum absolute atomic E-state index is 0. The van der Waals surface area contributed by atoms with E-state index in [1.165, 1.54) is 9.78 Å². The highest BCUT2D eigenvalue weighted by Crippen LogP contribution is 2.08. The van der Waals surface area contributed by atoms with Crippen LogP contribution in [0, 0.1) is 0 Å². The minimum Gasteiger partial charge on any atom is -0.356 e. The van der Waals surface area contributed by atoms with Crippen molar-refractivity contribution in [1.29, 1.82) is 0 Å². The molecule has 0 bridgehead atoms. The molecule has 0 aliphatic heterocycles. The summed E-state index contributed by atoms with van der Waals surface area (Å²) < 4.78 is 0. The van der Waals surface area contributed by atoms with Crippen LogP contribution in [0.15, 0.2) is 40.8 Å². The fourth-order valence-electron chi connectivity index (χ4n) is 2.10. The second-order valence-electron chi connectivity index (χ2n) is 5.88. The van der Waals surface area contributed by atoms with Crippen molar-refractivity contribution in [1.82, 2.24) is 20.5 Å². The lowest BCUT2D eigenvalue weighted by Gasteiger charge is -2.13. The van der Waals surface area contributed by atoms with E-state index in [9.17, 15) is 4.79 Å². The molecule has 2 aromatic rings. The molecule has 0 radical (unpaired) electrons. The Morgan fingerprint density at radius 2 is 1.96 bits per heavy atom. The third-order valence-electron chi connectivity index (χ3n) is 3.61. The summed E-state index contributed by atoms with van der Waals surface area (Å²) in [4.78, 5) is 23.1. The number of aromatic nitrogens is 1. The Morgan fingerprint density at radius 1 is 1.22 bits per heavy atom. The third-order valence-corrected chi connectivity index (χ3v) is 4.77. The Balaban J connectivity index is 0.00000364. The highest BCUT2D eigenvalue weighted by Gasteiger charge is 2.05. The number of nitrogens with zero attached hydrogens (tertiary/aromatic N) is 3. The average molecular weight is 522 g/mol. The van der Waals surface area contributed by atoms with E-state index in [1.807, 2.05) is 12.1 Å². The topological polar surface area (TPSA) is 69.6 Å². The van der Waals surface area contributed by atoms with Gasteiger partial charge < -0.3 is 15.5 Å². The van der Waals surface area contributed by atoms with Crippen molar-refractivity contribution in [2.45, 2.75) is 12.8 Å². The average Bonchev–Trinajstić information content (AvgIpc) is 3.14. The zero-order valence-electron chi connectivity index (χ0n) is 15.4. The van der Waals surface area contributed by atoms with Crippen LogP contribution in [-0.4, -0.2) is 55.5 Å². The van der Waals surface area contributed by atoms with E-state index in [0.29, 0.717) is 17.7 Å². The van der Waals surface area contributed by atoms with Gasteiger partial charge in [-0.15, -0.1) is 35.3 Å². The monoisotopic (exact) mass is 521 g/mol. The van der Waals surface area contributed by atoms with Crippen LogP contribution in [0.5, 0.6) is 0 Å². The number of halogens is 2. The number of thiophene rings is 1. The largest absolute Gasteiger partial charge is 0.356 e. The summed E-state index contributed by atoms with van der Waals surface area (Å²) in [6.07, 6.45) is 3.47. The molecule has 0 saturated carbocycles. The van der Waals surface area contributed by atoms with Gasteiger partial charge in [-0.2, -0.15) is 0 Å². The predicted octanol–water partition coefficient (Wildman–Crippen LogP) is 2.82. The Morgan fingerprint density at radius 3 is 2.56 bits per heavy atom. The fraction of sp³-hybridized carbons (Fsp3) is 0.389. The highest BCUT2D eigenvalue weighted by molar-refractivity contribution is 14.0. The van der Waals surface area contributed by atoms with Crippen LogP contribution in [0.4, 0.5) is 0 Å². The molecule has 2 heterocycles. The van der Waals surface area contributed by atoms with E-state index in [4.69, 9.17) is 11.6 Å². The van der Waals surface area contributed by atoms with E-state index in [-0.39, 0.29) is 36.4 Å². The Labute approximate surface area is 186 Å². The molecule has 0 aliphatic rings. The molecule has 0 aromatic carbocycles. The number of hydrogen-bond acceptors (Lipinski definition) is 4. The summed E-state index contributed by atoms with van der Waals surface area (Å²) in [6, 6.07) is 7.89. The first-order chi connectivity index (χ1) is 12.5. The van der Waals surface area contributed by atoms with Gasteiger partial charge in [0.15, 0.2) is 5.96 Å². The summed E-state index contributed by atoms with van der Waals surface area (Å²) in [5.41, 5.74) is 1.09. The normalized spacial score (nSPS) is 10.9. The number of rotatable bonds is 8. The lowest BCUT2D eigenvalue weighted by Crippen LogP contribution is -2.40. The van der Waals surface area contributed by atoms with Gasteiger partial charge in [0.1, 0.15) is 11.7 Å². The molecule has 0 aliphatic carbocycles. The SMILES string of the molecule is CN(C)C(=O)CN=C(NCCc1ccc(Cl)nc1)NCCc1cccs1.I. The van der Waals surface area contributed by atoms with Crippen molar-refractivity contribution in [3.05, 3.63) is 51.4 Å². The Hall–Kier alpha value is -1.39. The molecule has 1 amide bonds. The first kappa shape index (κ1) is 23.6. The van der Waals surface area contributed by atoms with Gasteiger partial charge in [-0.25, -0.2) is 9.98 Å². The van der Waals surface area contributed by atoms with Crippen LogP contribution in [0.1, 0.15) is 10.4 Å². The molecule has 2 aromatic heterocycles. The molecule has 9 heteroatoms. The molecule has 2 N–H and O–H groups in total. The number of amides is 1. The Bertz CT molecular complexity index is 707. The van der Waals surface area contributed by atoms with Crippen molar-refractivity contribution in [3.63, 3.8) is 0 Å². The lowest BCUT2D eigenvalue weighted by atomic mass is 10.2. The van der Waals surface area contributed by atoms with E-state index in [2.05, 4.69) is 32.1 Å². The molecule has 6 nitrogen and oxygen atoms in total. The van der Waals surface area contributed by atoms with Crippen molar-refractivity contribution in [2.24, 2.45) is 4.99 Å². The number of carbonyl (C=O) groups is 1. The standard InChI is InChI=1S/C18H24ClN5OS.HI/c1-24(2)17(25)13-23-18(21-10-8-15-4-3-11-26-15)20-9-7-14-5-6-16(19)22-12-14;/h3-6,11-12H,7-10,13H2,1-2H3,(H2,20,21,23);1H. The molecular formula is C18H25ClIN5OS. The Kier molecular flexibility index (Phi) is 11.3. The van der Waals surface area contributed by atoms with Gasteiger partial charge >= 0.3 is 0 Å². The van der Waals surface area contributed by atoms with Gasteiger partial charge in [0.05, 0.1) is 0 Å². The van der Waals surface area contributed by atoms with E-state index in [1.54, 1.807) is 37.7 Å². The van der Waals surface area contributed by atoms with Crippen LogP contribution in [0.25, 0.3) is 0 Å². The maximum atomic E-state index is 11.8. The fourth-order valence-corrected chi connectivity index (χ4v) is 2.92. The number of nitrogens with one attached hydrogen (secondary N) is 2. The maximum Gasteiger partial charge on any atom is 0.243 e. The van der Waals surface area contributed by atoms with Gasteiger partial charge in [0.25, 0.3) is 0 Å². The molecule has 0 spiro atoms. The van der Waals surface area contributed by atoms with E-state index >= 15 is 0 Å². The molecule has 2 rings (SSSR count). The number of likely N-dealkylation sites (N-methyl/N-ethyl adjacent to an activating group) is 1. The predicted molar refractivity (Wildman–Crippen MR) is 123 cm³/mol. The third kappa shape index (κ3) is 9.39. The number of carbonyl (C=O) groups excluding carboxylic acids is 1. The van der Waals surface area contributed by atoms with E-state index < -0.39 is 0 Å². The quantitative estimate of drug-likeness (QED) is 0.243. The van der Waals surface area contributed by atoms with Crippen LogP contribution in [0.3, 0.4) is 0 Å². The van der Waals surface area contributed by atoms with Crippen LogP contribution in [-0.2, 0) is 17.6 Å². The minimum atomic E-state index is -0.0359. The summed E-state index contributed by atoms with van der Waals surface area (Å²) >= 11 is 7.54. The lowest BCUT2D eigenvalue weighted by molar-refractivity contribution is -0.127. The van der Waals surface area contributed by atoms with Crippen molar-refractivity contribution in [2.75, 3.05) is 33.7 Å². The second kappa shape index (κ2) is 12.9. The summed E-state index contributed by atoms with van der Waals surface area (Å²) in [7, 11) is 3.45. The van der Waals surface area contributed by atoms with Gasteiger partial charge in [-0.3, -0.25) is 4.79 Å². The summed E-state index contributed by atoms with van der Waals surface area (Å²) in [6.45, 7) is 1.55. The van der Waals surface area contributed by atoms with Gasteiger partial charge in [0, 0.05) is 38.3 Å². The van der Waals surface area contributed by atoms with Gasteiger partial charge in [0.2, 0.25) is 5.91 Å². The van der Waals surface area contributed by atoms with Crippen LogP contribution >= 0.6 is 46.9 Å². The molecule has 0 fully saturated rings. The molecule has 0 unspecified atom stereocenters. The maximum absolute atomic E-state index is 11.8. The number of aliphatic imine (C=N–C) groups is 1. The van der Waals surface area contributed by atoms with Crippen molar-refractivity contribution < 1.29 is 4.79 Å².